The van der Waals surface area contributed by atoms with E-state index < -0.39 is 0 Å². The molecule has 0 aromatic heterocycles. The molecule has 3 fully saturated rings. The second-order valence-corrected chi connectivity index (χ2v) is 9.01. The van der Waals surface area contributed by atoms with Gasteiger partial charge in [0.15, 0.2) is 5.96 Å². The van der Waals surface area contributed by atoms with Gasteiger partial charge in [0.2, 0.25) is 0 Å². The number of hydrogen-bond acceptors (Lipinski definition) is 3. The van der Waals surface area contributed by atoms with Crippen molar-refractivity contribution in [2.45, 2.75) is 76.3 Å². The summed E-state index contributed by atoms with van der Waals surface area (Å²) in [5, 5.41) is 8.27. The van der Waals surface area contributed by atoms with Gasteiger partial charge in [-0.3, -0.25) is 4.99 Å². The lowest BCUT2D eigenvalue weighted by atomic mass is 9.57. The summed E-state index contributed by atoms with van der Waals surface area (Å²) < 4.78 is 5.91. The monoisotopic (exact) mass is 339 g/mol. The van der Waals surface area contributed by atoms with Crippen LogP contribution in [0.25, 0.3) is 0 Å². The zero-order valence-corrected chi connectivity index (χ0v) is 15.9. The van der Waals surface area contributed by atoms with Crippen molar-refractivity contribution >= 4 is 17.7 Å². The van der Waals surface area contributed by atoms with E-state index in [1.165, 1.54) is 32.1 Å². The second kappa shape index (κ2) is 7.22. The summed E-state index contributed by atoms with van der Waals surface area (Å²) in [5.74, 6) is 1.67. The van der Waals surface area contributed by atoms with Gasteiger partial charge in [0.1, 0.15) is 0 Å². The minimum absolute atomic E-state index is 0.200. The van der Waals surface area contributed by atoms with E-state index in [1.54, 1.807) is 0 Å². The second-order valence-electron chi connectivity index (χ2n) is 7.88. The van der Waals surface area contributed by atoms with Crippen molar-refractivity contribution in [2.75, 3.05) is 19.4 Å². The Hall–Kier alpha value is -0.420. The summed E-state index contributed by atoms with van der Waals surface area (Å²) >= 11 is 2.02. The van der Waals surface area contributed by atoms with Gasteiger partial charge in [-0.15, -0.1) is 0 Å². The molecule has 0 radical (unpaired) electrons. The SMILES string of the molecule is CCN=C(NC1CCCC(SC)C1)NC1C2CCOC2C1(C)C. The molecule has 1 heterocycles. The molecule has 0 aromatic rings. The van der Waals surface area contributed by atoms with Gasteiger partial charge >= 0.3 is 0 Å². The standard InChI is InChI=1S/C18H33N3OS/c1-5-19-17(20-12-7-6-8-13(11-12)23-4)21-15-14-9-10-22-16(14)18(15,2)3/h12-16H,5-11H2,1-4H3,(H2,19,20,21). The third-order valence-electron chi connectivity index (χ3n) is 6.01. The highest BCUT2D eigenvalue weighted by atomic mass is 32.2. The summed E-state index contributed by atoms with van der Waals surface area (Å²) in [6.07, 6.45) is 9.07. The Morgan fingerprint density at radius 1 is 1.26 bits per heavy atom. The fourth-order valence-corrected chi connectivity index (χ4v) is 5.57. The van der Waals surface area contributed by atoms with Crippen LogP contribution in [0.5, 0.6) is 0 Å². The number of ether oxygens (including phenoxy) is 1. The number of thioether (sulfide) groups is 1. The molecular weight excluding hydrogens is 306 g/mol. The van der Waals surface area contributed by atoms with Crippen LogP contribution in [0.1, 0.15) is 52.9 Å². The Morgan fingerprint density at radius 2 is 2.09 bits per heavy atom. The molecule has 2 aliphatic carbocycles. The maximum absolute atomic E-state index is 5.91. The van der Waals surface area contributed by atoms with Crippen LogP contribution in [-0.2, 0) is 4.74 Å². The Bertz CT molecular complexity index is 440. The molecule has 2 saturated carbocycles. The minimum atomic E-state index is 0.200. The van der Waals surface area contributed by atoms with Gasteiger partial charge < -0.3 is 15.4 Å². The molecule has 4 nitrogen and oxygen atoms in total. The fraction of sp³-hybridized carbons (Fsp3) is 0.944. The number of nitrogens with one attached hydrogen (secondary N) is 2. The van der Waals surface area contributed by atoms with E-state index in [4.69, 9.17) is 9.73 Å². The molecule has 2 N–H and O–H groups in total. The molecule has 3 rings (SSSR count). The number of hydrogen-bond donors (Lipinski definition) is 2. The van der Waals surface area contributed by atoms with Crippen molar-refractivity contribution in [3.05, 3.63) is 0 Å². The van der Waals surface area contributed by atoms with Crippen molar-refractivity contribution in [3.8, 4) is 0 Å². The topological polar surface area (TPSA) is 45.7 Å². The highest BCUT2D eigenvalue weighted by Gasteiger charge is 2.59. The van der Waals surface area contributed by atoms with E-state index in [9.17, 15) is 0 Å². The normalized spacial score (nSPS) is 39.5. The molecule has 0 bridgehead atoms. The summed E-state index contributed by atoms with van der Waals surface area (Å²) in [6, 6.07) is 1.05. The first kappa shape index (κ1) is 17.4. The molecule has 0 amide bonds. The molecule has 132 valence electrons. The van der Waals surface area contributed by atoms with E-state index in [1.807, 2.05) is 11.8 Å². The van der Waals surface area contributed by atoms with E-state index in [0.29, 0.717) is 24.1 Å². The molecule has 0 spiro atoms. The average molecular weight is 340 g/mol. The van der Waals surface area contributed by atoms with Crippen LogP contribution in [0.3, 0.4) is 0 Å². The zero-order chi connectivity index (χ0) is 16.4. The van der Waals surface area contributed by atoms with Crippen LogP contribution in [0.2, 0.25) is 0 Å². The van der Waals surface area contributed by atoms with Crippen molar-refractivity contribution in [2.24, 2.45) is 16.3 Å². The van der Waals surface area contributed by atoms with Crippen LogP contribution in [0.4, 0.5) is 0 Å². The first-order valence-electron chi connectivity index (χ1n) is 9.28. The maximum atomic E-state index is 5.91. The van der Waals surface area contributed by atoms with Gasteiger partial charge in [0, 0.05) is 41.8 Å². The highest BCUT2D eigenvalue weighted by Crippen LogP contribution is 2.52. The van der Waals surface area contributed by atoms with Crippen LogP contribution in [-0.4, -0.2) is 48.8 Å². The molecule has 5 unspecified atom stereocenters. The lowest BCUT2D eigenvalue weighted by Gasteiger charge is -2.55. The van der Waals surface area contributed by atoms with E-state index in [2.05, 4.69) is 37.7 Å². The number of nitrogens with zero attached hydrogens (tertiary/aromatic N) is 1. The first-order chi connectivity index (χ1) is 11.1. The number of rotatable bonds is 4. The highest BCUT2D eigenvalue weighted by molar-refractivity contribution is 7.99. The Morgan fingerprint density at radius 3 is 2.83 bits per heavy atom. The van der Waals surface area contributed by atoms with Gasteiger partial charge in [-0.05, 0) is 38.9 Å². The molecule has 1 aliphatic heterocycles. The van der Waals surface area contributed by atoms with Crippen LogP contribution < -0.4 is 10.6 Å². The average Bonchev–Trinajstić information content (AvgIpc) is 3.00. The molecule has 3 aliphatic rings. The van der Waals surface area contributed by atoms with E-state index >= 15 is 0 Å². The smallest absolute Gasteiger partial charge is 0.191 e. The molecule has 5 atom stereocenters. The lowest BCUT2D eigenvalue weighted by Crippen LogP contribution is -2.68. The summed E-state index contributed by atoms with van der Waals surface area (Å²) in [6.45, 7) is 8.51. The first-order valence-corrected chi connectivity index (χ1v) is 10.6. The van der Waals surface area contributed by atoms with Gasteiger partial charge in [0.05, 0.1) is 6.10 Å². The zero-order valence-electron chi connectivity index (χ0n) is 15.1. The van der Waals surface area contributed by atoms with Crippen molar-refractivity contribution < 1.29 is 4.74 Å². The number of aliphatic imine (C=N–C) groups is 1. The molecule has 0 aromatic carbocycles. The Kier molecular flexibility index (Phi) is 5.46. The fourth-order valence-electron chi connectivity index (χ4n) is 4.74. The molecule has 23 heavy (non-hydrogen) atoms. The van der Waals surface area contributed by atoms with Crippen LogP contribution in [0, 0.1) is 11.3 Å². The van der Waals surface area contributed by atoms with Crippen molar-refractivity contribution in [1.82, 2.24) is 10.6 Å². The Balaban J connectivity index is 1.60. The summed E-state index contributed by atoms with van der Waals surface area (Å²) in [7, 11) is 0. The summed E-state index contributed by atoms with van der Waals surface area (Å²) in [5.41, 5.74) is 0.200. The maximum Gasteiger partial charge on any atom is 0.191 e. The van der Waals surface area contributed by atoms with Crippen LogP contribution in [0.15, 0.2) is 4.99 Å². The third kappa shape index (κ3) is 3.51. The summed E-state index contributed by atoms with van der Waals surface area (Å²) in [4.78, 5) is 4.72. The van der Waals surface area contributed by atoms with E-state index in [0.717, 1.165) is 24.4 Å². The van der Waals surface area contributed by atoms with Gasteiger partial charge in [-0.1, -0.05) is 20.3 Å². The third-order valence-corrected chi connectivity index (χ3v) is 7.10. The molecule has 1 saturated heterocycles. The Labute approximate surface area is 145 Å². The van der Waals surface area contributed by atoms with Crippen LogP contribution >= 0.6 is 11.8 Å². The number of fused-ring (bicyclic) bond motifs is 1. The lowest BCUT2D eigenvalue weighted by molar-refractivity contribution is -0.106. The van der Waals surface area contributed by atoms with Crippen molar-refractivity contribution in [3.63, 3.8) is 0 Å². The molecule has 5 heteroatoms. The predicted octanol–water partition coefficient (Wildman–Crippen LogP) is 3.03. The largest absolute Gasteiger partial charge is 0.377 e. The van der Waals surface area contributed by atoms with E-state index in [-0.39, 0.29) is 5.41 Å². The van der Waals surface area contributed by atoms with Gasteiger partial charge in [-0.2, -0.15) is 11.8 Å². The molecular formula is C18H33N3OS. The number of guanidine groups is 1. The predicted molar refractivity (Wildman–Crippen MR) is 99.2 cm³/mol. The minimum Gasteiger partial charge on any atom is -0.377 e. The van der Waals surface area contributed by atoms with Crippen molar-refractivity contribution in [1.29, 1.82) is 0 Å². The van der Waals surface area contributed by atoms with Gasteiger partial charge in [0.25, 0.3) is 0 Å². The quantitative estimate of drug-likeness (QED) is 0.610. The van der Waals surface area contributed by atoms with Gasteiger partial charge in [-0.25, -0.2) is 0 Å².